The molecule has 1 fully saturated rings. The van der Waals surface area contributed by atoms with Gasteiger partial charge in [0.15, 0.2) is 16.6 Å². The van der Waals surface area contributed by atoms with E-state index in [2.05, 4.69) is 15.6 Å². The zero-order valence-corrected chi connectivity index (χ0v) is 18.9. The molecule has 1 atom stereocenters. The maximum absolute atomic E-state index is 13.1. The molecule has 0 saturated carbocycles. The molecule has 1 aromatic heterocycles. The molecular formula is C22H26N4O6S. The molecule has 1 saturated heterocycles. The van der Waals surface area contributed by atoms with E-state index in [-0.39, 0.29) is 43.2 Å². The van der Waals surface area contributed by atoms with E-state index in [9.17, 15) is 14.4 Å². The Morgan fingerprint density at radius 1 is 1.09 bits per heavy atom. The highest BCUT2D eigenvalue weighted by atomic mass is 32.1. The van der Waals surface area contributed by atoms with Crippen LogP contribution >= 0.6 is 11.3 Å². The van der Waals surface area contributed by atoms with Crippen LogP contribution in [0.4, 0.5) is 10.8 Å². The largest absolute Gasteiger partial charge is 0.486 e. The summed E-state index contributed by atoms with van der Waals surface area (Å²) in [4.78, 5) is 43.2. The first kappa shape index (κ1) is 23.0. The topological polar surface area (TPSA) is 119 Å². The van der Waals surface area contributed by atoms with Crippen molar-refractivity contribution in [3.63, 3.8) is 0 Å². The minimum absolute atomic E-state index is 0.00181. The molecule has 3 heterocycles. The number of thiazole rings is 1. The maximum atomic E-state index is 13.1. The Labute approximate surface area is 195 Å². The van der Waals surface area contributed by atoms with Crippen LogP contribution < -0.4 is 25.0 Å². The van der Waals surface area contributed by atoms with E-state index >= 15 is 0 Å². The first-order valence-corrected chi connectivity index (χ1v) is 11.7. The van der Waals surface area contributed by atoms with Gasteiger partial charge in [-0.1, -0.05) is 0 Å². The van der Waals surface area contributed by atoms with Crippen molar-refractivity contribution < 1.29 is 28.6 Å². The van der Waals surface area contributed by atoms with Gasteiger partial charge in [-0.3, -0.25) is 14.4 Å². The summed E-state index contributed by atoms with van der Waals surface area (Å²) in [5, 5.41) is 7.72. The van der Waals surface area contributed by atoms with Crippen LogP contribution in [0.2, 0.25) is 0 Å². The van der Waals surface area contributed by atoms with Crippen LogP contribution in [-0.2, 0) is 19.1 Å². The van der Waals surface area contributed by atoms with E-state index in [0.29, 0.717) is 48.7 Å². The smallest absolute Gasteiger partial charge is 0.240 e. The predicted octanol–water partition coefficient (Wildman–Crippen LogP) is 1.96. The van der Waals surface area contributed by atoms with Crippen LogP contribution in [0.5, 0.6) is 11.5 Å². The average molecular weight is 475 g/mol. The number of hydrogen-bond acceptors (Lipinski definition) is 8. The quantitative estimate of drug-likeness (QED) is 0.570. The van der Waals surface area contributed by atoms with Crippen molar-refractivity contribution in [1.82, 2.24) is 10.3 Å². The highest BCUT2D eigenvalue weighted by molar-refractivity contribution is 7.13. The van der Waals surface area contributed by atoms with E-state index in [1.807, 2.05) is 0 Å². The summed E-state index contributed by atoms with van der Waals surface area (Å²) < 4.78 is 16.7. The minimum atomic E-state index is -0.353. The van der Waals surface area contributed by atoms with E-state index < -0.39 is 0 Å². The number of hydrogen-bond donors (Lipinski definition) is 2. The van der Waals surface area contributed by atoms with Crippen molar-refractivity contribution in [3.8, 4) is 11.5 Å². The van der Waals surface area contributed by atoms with Gasteiger partial charge in [-0.2, -0.15) is 0 Å². The van der Waals surface area contributed by atoms with Crippen molar-refractivity contribution in [3.05, 3.63) is 29.8 Å². The Bertz CT molecular complexity index is 977. The fraction of sp³-hybridized carbons (Fsp3) is 0.455. The van der Waals surface area contributed by atoms with Gasteiger partial charge in [-0.25, -0.2) is 4.98 Å². The van der Waals surface area contributed by atoms with Crippen molar-refractivity contribution in [2.45, 2.75) is 31.8 Å². The number of nitrogens with one attached hydrogen (secondary N) is 2. The molecule has 2 N–H and O–H groups in total. The summed E-state index contributed by atoms with van der Waals surface area (Å²) >= 11 is 1.30. The number of amides is 3. The molecule has 2 aliphatic heterocycles. The fourth-order valence-corrected chi connectivity index (χ4v) is 4.12. The molecule has 0 bridgehead atoms. The number of nitrogens with zero attached hydrogens (tertiary/aromatic N) is 2. The number of rotatable bonds is 9. The second-order valence-electron chi connectivity index (χ2n) is 7.63. The Hall–Kier alpha value is -3.18. The zero-order valence-electron chi connectivity index (χ0n) is 18.1. The molecule has 2 aliphatic rings. The van der Waals surface area contributed by atoms with Gasteiger partial charge >= 0.3 is 0 Å². The zero-order chi connectivity index (χ0) is 23.0. The van der Waals surface area contributed by atoms with Crippen molar-refractivity contribution >= 4 is 39.9 Å². The fourth-order valence-electron chi connectivity index (χ4n) is 3.58. The van der Waals surface area contributed by atoms with Gasteiger partial charge in [0.25, 0.3) is 0 Å². The van der Waals surface area contributed by atoms with Crippen molar-refractivity contribution in [1.29, 1.82) is 0 Å². The van der Waals surface area contributed by atoms with E-state index in [4.69, 9.17) is 14.2 Å². The normalized spacial score (nSPS) is 16.8. The van der Waals surface area contributed by atoms with Crippen LogP contribution in [0.15, 0.2) is 29.8 Å². The van der Waals surface area contributed by atoms with Gasteiger partial charge < -0.3 is 29.7 Å². The van der Waals surface area contributed by atoms with Crippen LogP contribution in [0.3, 0.4) is 0 Å². The van der Waals surface area contributed by atoms with Crippen LogP contribution in [-0.4, -0.2) is 61.7 Å². The molecule has 4 rings (SSSR count). The number of fused-ring (bicyclic) bond motifs is 1. The third-order valence-electron chi connectivity index (χ3n) is 5.24. The Morgan fingerprint density at radius 3 is 2.70 bits per heavy atom. The lowest BCUT2D eigenvalue weighted by Crippen LogP contribution is -2.43. The summed E-state index contributed by atoms with van der Waals surface area (Å²) in [5.74, 6) is 0.123. The maximum Gasteiger partial charge on any atom is 0.240 e. The van der Waals surface area contributed by atoms with E-state index in [0.717, 1.165) is 12.8 Å². The molecule has 11 heteroatoms. The summed E-state index contributed by atoms with van der Waals surface area (Å²) in [6.45, 7) is 1.78. The monoisotopic (exact) mass is 474 g/mol. The summed E-state index contributed by atoms with van der Waals surface area (Å²) in [6.07, 6.45) is 3.37. The lowest BCUT2D eigenvalue weighted by molar-refractivity contribution is -0.125. The van der Waals surface area contributed by atoms with E-state index in [1.165, 1.54) is 16.2 Å². The van der Waals surface area contributed by atoms with Crippen LogP contribution in [0.1, 0.15) is 25.7 Å². The number of anilines is 2. The van der Waals surface area contributed by atoms with Crippen LogP contribution in [0.25, 0.3) is 0 Å². The molecule has 176 valence electrons. The van der Waals surface area contributed by atoms with Gasteiger partial charge in [-0.15, -0.1) is 11.3 Å². The van der Waals surface area contributed by atoms with Gasteiger partial charge in [-0.05, 0) is 25.0 Å². The molecule has 33 heavy (non-hydrogen) atoms. The third kappa shape index (κ3) is 6.42. The van der Waals surface area contributed by atoms with Crippen LogP contribution in [0, 0.1) is 0 Å². The van der Waals surface area contributed by atoms with Gasteiger partial charge in [0, 0.05) is 49.3 Å². The Balaban J connectivity index is 1.41. The number of aromatic nitrogens is 1. The first-order valence-electron chi connectivity index (χ1n) is 10.9. The first-order chi connectivity index (χ1) is 16.1. The molecule has 10 nitrogen and oxygen atoms in total. The molecule has 0 spiro atoms. The molecule has 0 aliphatic carbocycles. The van der Waals surface area contributed by atoms with E-state index in [1.54, 1.807) is 29.8 Å². The molecule has 0 radical (unpaired) electrons. The van der Waals surface area contributed by atoms with Gasteiger partial charge in [0.1, 0.15) is 19.8 Å². The van der Waals surface area contributed by atoms with Gasteiger partial charge in [0.2, 0.25) is 17.7 Å². The molecule has 2 aromatic rings. The summed E-state index contributed by atoms with van der Waals surface area (Å²) in [5.41, 5.74) is 0.497. The predicted molar refractivity (Wildman–Crippen MR) is 122 cm³/mol. The third-order valence-corrected chi connectivity index (χ3v) is 5.92. The summed E-state index contributed by atoms with van der Waals surface area (Å²) in [7, 11) is 0. The lowest BCUT2D eigenvalue weighted by atomic mass is 10.2. The van der Waals surface area contributed by atoms with Gasteiger partial charge in [0.05, 0.1) is 6.10 Å². The Morgan fingerprint density at radius 2 is 1.94 bits per heavy atom. The molecule has 0 unspecified atom stereocenters. The highest BCUT2D eigenvalue weighted by Gasteiger charge is 2.24. The molecular weight excluding hydrogens is 448 g/mol. The Kier molecular flexibility index (Phi) is 7.74. The standard InChI is InChI=1S/C22H26N4O6S/c27-19(25-22-23-7-11-33-22)5-6-21(29)26(14-20(28)24-13-16-2-1-8-30-16)15-3-4-17-18(12-15)32-10-9-31-17/h3-4,7,11-12,16H,1-2,5-6,8-10,13-14H2,(H,24,28)(H,23,25,27)/t16-/m0/s1. The minimum Gasteiger partial charge on any atom is -0.486 e. The second-order valence-corrected chi connectivity index (χ2v) is 8.53. The average Bonchev–Trinajstić information content (AvgIpc) is 3.54. The number of carbonyl (C=O) groups excluding carboxylic acids is 3. The SMILES string of the molecule is O=C(CN(C(=O)CCC(=O)Nc1nccs1)c1ccc2c(c1)OCCO2)NC[C@@H]1CCCO1. The van der Waals surface area contributed by atoms with Crippen molar-refractivity contribution in [2.24, 2.45) is 0 Å². The number of ether oxygens (including phenoxy) is 3. The van der Waals surface area contributed by atoms with Crippen molar-refractivity contribution in [2.75, 3.05) is 43.1 Å². The lowest BCUT2D eigenvalue weighted by Gasteiger charge is -2.25. The highest BCUT2D eigenvalue weighted by Crippen LogP contribution is 2.34. The number of carbonyl (C=O) groups is 3. The molecule has 3 amide bonds. The number of benzene rings is 1. The molecule has 1 aromatic carbocycles. The summed E-state index contributed by atoms with van der Waals surface area (Å²) in [6, 6.07) is 5.09. The second kappa shape index (κ2) is 11.1.